The first-order chi connectivity index (χ1) is 9.56. The second-order valence-corrected chi connectivity index (χ2v) is 4.95. The van der Waals surface area contributed by atoms with E-state index in [9.17, 15) is 15.0 Å². The smallest absolute Gasteiger partial charge is 0.256 e. The largest absolute Gasteiger partial charge is 0.383 e. The molecule has 1 aliphatic heterocycles. The average Bonchev–Trinajstić information content (AvgIpc) is 2.71. The van der Waals surface area contributed by atoms with E-state index in [-0.39, 0.29) is 5.91 Å². The molecule has 3 rings (SSSR count). The summed E-state index contributed by atoms with van der Waals surface area (Å²) in [4.78, 5) is 13.4. The lowest BCUT2D eigenvalue weighted by Gasteiger charge is -2.35. The Morgan fingerprint density at radius 3 is 2.35 bits per heavy atom. The van der Waals surface area contributed by atoms with Gasteiger partial charge in [-0.05, 0) is 11.6 Å². The van der Waals surface area contributed by atoms with Crippen molar-refractivity contribution in [2.24, 2.45) is 0 Å². The molecule has 0 aliphatic carbocycles. The molecule has 1 aliphatic rings. The van der Waals surface area contributed by atoms with Crippen molar-refractivity contribution in [1.29, 1.82) is 0 Å². The first-order valence-corrected chi connectivity index (χ1v) is 6.40. The number of likely N-dealkylation sites (N-methyl/N-ethyl adjacent to an activating group) is 1. The Kier molecular flexibility index (Phi) is 2.85. The van der Waals surface area contributed by atoms with E-state index in [0.717, 1.165) is 0 Å². The number of amides is 1. The third kappa shape index (κ3) is 1.59. The second kappa shape index (κ2) is 4.44. The van der Waals surface area contributed by atoms with Crippen molar-refractivity contribution >= 4 is 5.91 Å². The van der Waals surface area contributed by atoms with Gasteiger partial charge in [-0.3, -0.25) is 4.79 Å². The zero-order valence-corrected chi connectivity index (χ0v) is 11.0. The van der Waals surface area contributed by atoms with Crippen LogP contribution in [0.1, 0.15) is 27.6 Å². The molecule has 1 amide bonds. The quantitative estimate of drug-likeness (QED) is 0.871. The molecule has 2 unspecified atom stereocenters. The van der Waals surface area contributed by atoms with Crippen LogP contribution in [-0.2, 0) is 5.72 Å². The Hall–Kier alpha value is -2.17. The van der Waals surface area contributed by atoms with Gasteiger partial charge in [-0.2, -0.15) is 0 Å². The van der Waals surface area contributed by atoms with E-state index in [0.29, 0.717) is 16.7 Å². The molecule has 0 saturated heterocycles. The van der Waals surface area contributed by atoms with Crippen LogP contribution in [0.2, 0.25) is 0 Å². The minimum absolute atomic E-state index is 0.293. The summed E-state index contributed by atoms with van der Waals surface area (Å²) in [5.74, 6) is -0.293. The molecular weight excluding hydrogens is 254 g/mol. The second-order valence-electron chi connectivity index (χ2n) is 4.95. The zero-order chi connectivity index (χ0) is 14.3. The minimum atomic E-state index is -1.74. The van der Waals surface area contributed by atoms with Crippen LogP contribution in [0.4, 0.5) is 0 Å². The van der Waals surface area contributed by atoms with Crippen molar-refractivity contribution in [2.75, 3.05) is 7.05 Å². The van der Waals surface area contributed by atoms with Gasteiger partial charge in [0.1, 0.15) is 6.10 Å². The fourth-order valence-electron chi connectivity index (χ4n) is 2.71. The van der Waals surface area contributed by atoms with Crippen molar-refractivity contribution in [2.45, 2.75) is 11.8 Å². The summed E-state index contributed by atoms with van der Waals surface area (Å²) < 4.78 is 0. The van der Waals surface area contributed by atoms with E-state index < -0.39 is 11.8 Å². The number of fused-ring (bicyclic) bond motifs is 1. The maximum atomic E-state index is 12.2. The zero-order valence-electron chi connectivity index (χ0n) is 11.0. The molecule has 20 heavy (non-hydrogen) atoms. The molecule has 102 valence electrons. The van der Waals surface area contributed by atoms with Gasteiger partial charge in [0.2, 0.25) is 0 Å². The molecule has 0 bridgehead atoms. The molecule has 2 N–H and O–H groups in total. The Morgan fingerprint density at radius 2 is 1.65 bits per heavy atom. The number of nitrogens with zero attached hydrogens (tertiary/aromatic N) is 1. The van der Waals surface area contributed by atoms with Crippen LogP contribution in [0.15, 0.2) is 54.6 Å². The van der Waals surface area contributed by atoms with Crippen molar-refractivity contribution in [3.05, 3.63) is 71.3 Å². The summed E-state index contributed by atoms with van der Waals surface area (Å²) in [6.45, 7) is 0. The summed E-state index contributed by atoms with van der Waals surface area (Å²) in [5.41, 5.74) is -0.322. The van der Waals surface area contributed by atoms with Crippen LogP contribution in [0.25, 0.3) is 0 Å². The molecule has 4 heteroatoms. The average molecular weight is 269 g/mol. The predicted octanol–water partition coefficient (Wildman–Crippen LogP) is 1.65. The number of hydrogen-bond acceptors (Lipinski definition) is 3. The summed E-state index contributed by atoms with van der Waals surface area (Å²) in [5, 5.41) is 21.5. The van der Waals surface area contributed by atoms with Gasteiger partial charge in [-0.1, -0.05) is 48.5 Å². The predicted molar refractivity (Wildman–Crippen MR) is 73.8 cm³/mol. The molecule has 2 atom stereocenters. The van der Waals surface area contributed by atoms with Gasteiger partial charge in [0, 0.05) is 18.2 Å². The molecule has 0 saturated carbocycles. The highest BCUT2D eigenvalue weighted by atomic mass is 16.4. The normalized spacial score (nSPS) is 22.8. The van der Waals surface area contributed by atoms with Gasteiger partial charge < -0.3 is 15.1 Å². The van der Waals surface area contributed by atoms with Crippen molar-refractivity contribution in [3.8, 4) is 0 Å². The van der Waals surface area contributed by atoms with Crippen LogP contribution >= 0.6 is 0 Å². The maximum Gasteiger partial charge on any atom is 0.256 e. The number of carbonyl (C=O) groups is 1. The summed E-state index contributed by atoms with van der Waals surface area (Å²) >= 11 is 0. The highest BCUT2D eigenvalue weighted by molar-refractivity contribution is 5.99. The Labute approximate surface area is 116 Å². The lowest BCUT2D eigenvalue weighted by atomic mass is 9.91. The van der Waals surface area contributed by atoms with Crippen LogP contribution in [-0.4, -0.2) is 28.1 Å². The first-order valence-electron chi connectivity index (χ1n) is 6.40. The lowest BCUT2D eigenvalue weighted by molar-refractivity contribution is -0.156. The monoisotopic (exact) mass is 269 g/mol. The summed E-state index contributed by atoms with van der Waals surface area (Å²) in [6, 6.07) is 15.7. The van der Waals surface area contributed by atoms with Crippen LogP contribution in [0.5, 0.6) is 0 Å². The Balaban J connectivity index is 2.14. The SMILES string of the molecule is CN1C(=O)c2ccccc2C1(O)C(O)c1ccccc1. The Morgan fingerprint density at radius 1 is 1.05 bits per heavy atom. The van der Waals surface area contributed by atoms with Crippen molar-refractivity contribution in [3.63, 3.8) is 0 Å². The van der Waals surface area contributed by atoms with Gasteiger partial charge in [-0.25, -0.2) is 0 Å². The van der Waals surface area contributed by atoms with Gasteiger partial charge >= 0.3 is 0 Å². The van der Waals surface area contributed by atoms with E-state index in [4.69, 9.17) is 0 Å². The summed E-state index contributed by atoms with van der Waals surface area (Å²) in [7, 11) is 1.49. The van der Waals surface area contributed by atoms with E-state index in [1.165, 1.54) is 11.9 Å². The van der Waals surface area contributed by atoms with Gasteiger partial charge in [0.15, 0.2) is 5.72 Å². The van der Waals surface area contributed by atoms with E-state index in [2.05, 4.69) is 0 Å². The fourth-order valence-corrected chi connectivity index (χ4v) is 2.71. The van der Waals surface area contributed by atoms with Crippen LogP contribution in [0, 0.1) is 0 Å². The Bertz CT molecular complexity index is 656. The number of benzene rings is 2. The minimum Gasteiger partial charge on any atom is -0.383 e. The first kappa shape index (κ1) is 12.8. The molecule has 2 aromatic rings. The standard InChI is InChI=1S/C16H15NO3/c1-17-15(19)12-9-5-6-10-13(12)16(17,20)14(18)11-7-3-2-4-8-11/h2-10,14,18,20H,1H3. The van der Waals surface area contributed by atoms with Crippen molar-refractivity contribution < 1.29 is 15.0 Å². The molecule has 0 radical (unpaired) electrons. The molecule has 4 nitrogen and oxygen atoms in total. The number of aliphatic hydroxyl groups is 2. The molecule has 2 aromatic carbocycles. The highest BCUT2D eigenvalue weighted by Gasteiger charge is 2.51. The fraction of sp³-hybridized carbons (Fsp3) is 0.188. The highest BCUT2D eigenvalue weighted by Crippen LogP contribution is 2.44. The van der Waals surface area contributed by atoms with E-state index in [1.54, 1.807) is 48.5 Å². The third-order valence-electron chi connectivity index (χ3n) is 3.87. The molecule has 0 fully saturated rings. The lowest BCUT2D eigenvalue weighted by Crippen LogP contribution is -2.45. The topological polar surface area (TPSA) is 60.8 Å². The number of hydrogen-bond donors (Lipinski definition) is 2. The van der Waals surface area contributed by atoms with E-state index >= 15 is 0 Å². The maximum absolute atomic E-state index is 12.2. The van der Waals surface area contributed by atoms with Crippen molar-refractivity contribution in [1.82, 2.24) is 4.90 Å². The van der Waals surface area contributed by atoms with E-state index in [1.807, 2.05) is 6.07 Å². The number of aliphatic hydroxyl groups excluding tert-OH is 1. The third-order valence-corrected chi connectivity index (χ3v) is 3.87. The van der Waals surface area contributed by atoms with Gasteiger partial charge in [-0.15, -0.1) is 0 Å². The molecular formula is C16H15NO3. The molecule has 0 aromatic heterocycles. The number of carbonyl (C=O) groups excluding carboxylic acids is 1. The van der Waals surface area contributed by atoms with Crippen LogP contribution < -0.4 is 0 Å². The van der Waals surface area contributed by atoms with Crippen LogP contribution in [0.3, 0.4) is 0 Å². The number of rotatable bonds is 2. The molecule has 1 heterocycles. The van der Waals surface area contributed by atoms with Gasteiger partial charge in [0.05, 0.1) is 0 Å². The molecule has 0 spiro atoms. The summed E-state index contributed by atoms with van der Waals surface area (Å²) in [6.07, 6.45) is -1.21. The van der Waals surface area contributed by atoms with Gasteiger partial charge in [0.25, 0.3) is 5.91 Å².